The highest BCUT2D eigenvalue weighted by molar-refractivity contribution is 7.86. The van der Waals surface area contributed by atoms with Gasteiger partial charge in [0.15, 0.2) is 11.6 Å². The molecule has 234 valence electrons. The van der Waals surface area contributed by atoms with E-state index in [4.69, 9.17) is 20.9 Å². The van der Waals surface area contributed by atoms with Gasteiger partial charge in [0.05, 0.1) is 0 Å². The third-order valence-electron chi connectivity index (χ3n) is 6.59. The Morgan fingerprint density at radius 3 is 1.09 bits per heavy atom. The van der Waals surface area contributed by atoms with Crippen LogP contribution in [-0.2, 0) is 20.2 Å². The predicted molar refractivity (Wildman–Crippen MR) is 168 cm³/mol. The Bertz CT molecular complexity index is 2020. The zero-order chi connectivity index (χ0) is 33.2. The zero-order valence-electron chi connectivity index (χ0n) is 23.5. The fraction of sp³-hybridized carbons (Fsp3) is 0. The summed E-state index contributed by atoms with van der Waals surface area (Å²) in [5.41, 5.74) is 12.2. The average molecular weight is 661 g/mol. The number of carbonyl (C=O) groups is 2. The Kier molecular flexibility index (Phi) is 8.63. The maximum Gasteiger partial charge on any atom is 0.298 e. The monoisotopic (exact) mass is 660 g/mol. The van der Waals surface area contributed by atoms with Crippen LogP contribution >= 0.6 is 0 Å². The topological polar surface area (TPSA) is 213 Å². The van der Waals surface area contributed by atoms with Crippen molar-refractivity contribution in [2.45, 2.75) is 9.79 Å². The molecule has 0 amide bonds. The van der Waals surface area contributed by atoms with Crippen LogP contribution in [0.3, 0.4) is 0 Å². The van der Waals surface area contributed by atoms with Gasteiger partial charge in [-0.2, -0.15) is 16.8 Å². The van der Waals surface area contributed by atoms with Crippen LogP contribution < -0.4 is 20.9 Å². The van der Waals surface area contributed by atoms with Crippen molar-refractivity contribution in [3.63, 3.8) is 0 Å². The number of ether oxygens (including phenoxy) is 2. The van der Waals surface area contributed by atoms with Crippen LogP contribution in [0.4, 0.5) is 11.4 Å². The van der Waals surface area contributed by atoms with Crippen LogP contribution in [0.5, 0.6) is 23.0 Å². The van der Waals surface area contributed by atoms with Crippen LogP contribution in [-0.4, -0.2) is 37.5 Å². The van der Waals surface area contributed by atoms with E-state index in [9.17, 15) is 35.5 Å². The number of carbonyl (C=O) groups excluding carboxylic acids is 2. The minimum Gasteiger partial charge on any atom is -0.456 e. The molecule has 0 aromatic heterocycles. The molecule has 5 aromatic carbocycles. The molecule has 5 aromatic rings. The second kappa shape index (κ2) is 12.5. The lowest BCUT2D eigenvalue weighted by Gasteiger charge is -2.12. The van der Waals surface area contributed by atoms with Crippen LogP contribution in [0.1, 0.15) is 31.8 Å². The number of ketones is 2. The molecule has 5 rings (SSSR count). The molecule has 6 N–H and O–H groups in total. The summed E-state index contributed by atoms with van der Waals surface area (Å²) < 4.78 is 79.2. The summed E-state index contributed by atoms with van der Waals surface area (Å²) in [6, 6.07) is 24.4. The van der Waals surface area contributed by atoms with Crippen molar-refractivity contribution in [3.8, 4) is 23.0 Å². The fourth-order valence-corrected chi connectivity index (χ4v) is 5.58. The summed E-state index contributed by atoms with van der Waals surface area (Å²) in [5, 5.41) is 0. The van der Waals surface area contributed by atoms with Gasteiger partial charge < -0.3 is 20.9 Å². The summed E-state index contributed by atoms with van der Waals surface area (Å²) in [6.45, 7) is 0. The molecule has 12 nitrogen and oxygen atoms in total. The quantitative estimate of drug-likeness (QED) is 0.0843. The third kappa shape index (κ3) is 7.22. The molecule has 0 spiro atoms. The molecule has 0 radical (unpaired) electrons. The Morgan fingerprint density at radius 1 is 0.478 bits per heavy atom. The molecule has 46 heavy (non-hydrogen) atoms. The minimum atomic E-state index is -4.81. The lowest BCUT2D eigenvalue weighted by atomic mass is 9.98. The van der Waals surface area contributed by atoms with Crippen molar-refractivity contribution in [2.75, 3.05) is 11.5 Å². The van der Waals surface area contributed by atoms with E-state index in [1.54, 1.807) is 0 Å². The second-order valence-electron chi connectivity index (χ2n) is 9.85. The smallest absolute Gasteiger partial charge is 0.298 e. The van der Waals surface area contributed by atoms with Gasteiger partial charge in [-0.25, -0.2) is 0 Å². The van der Waals surface area contributed by atoms with Crippen LogP contribution in [0.25, 0.3) is 0 Å². The average Bonchev–Trinajstić information content (AvgIpc) is 3.02. The minimum absolute atomic E-state index is 0.0795. The Labute approximate surface area is 263 Å². The maximum absolute atomic E-state index is 13.2. The van der Waals surface area contributed by atoms with Gasteiger partial charge in [0.2, 0.25) is 0 Å². The Balaban J connectivity index is 1.39. The number of rotatable bonds is 10. The summed E-state index contributed by atoms with van der Waals surface area (Å²) in [7, 11) is -9.61. The lowest BCUT2D eigenvalue weighted by molar-refractivity contribution is 0.102. The lowest BCUT2D eigenvalue weighted by Crippen LogP contribution is -2.08. The fourth-order valence-electron chi connectivity index (χ4n) is 4.30. The Morgan fingerprint density at radius 2 is 0.783 bits per heavy atom. The molecule has 0 aliphatic carbocycles. The first-order valence-electron chi connectivity index (χ1n) is 13.2. The van der Waals surface area contributed by atoms with Crippen molar-refractivity contribution in [1.29, 1.82) is 0 Å². The molecule has 0 fully saturated rings. The first kappa shape index (κ1) is 31.9. The van der Waals surface area contributed by atoms with Crippen LogP contribution in [0, 0.1) is 0 Å². The Hall–Kier alpha value is -5.54. The molecule has 0 saturated carbocycles. The van der Waals surface area contributed by atoms with Gasteiger partial charge in [0.25, 0.3) is 20.2 Å². The van der Waals surface area contributed by atoms with Gasteiger partial charge in [0, 0.05) is 33.6 Å². The SMILES string of the molecule is Nc1ccc(Oc2ccc(C(=O)c3ccc(C(=O)c4ccc(Oc5ccc(N)cc5)c(S(=O)(=O)O)c4)cc3)cc2S(=O)(=O)O)cc1. The van der Waals surface area contributed by atoms with Crippen LogP contribution in [0.15, 0.2) is 119 Å². The number of anilines is 2. The van der Waals surface area contributed by atoms with Gasteiger partial charge in [-0.05, 0) is 84.9 Å². The highest BCUT2D eigenvalue weighted by Gasteiger charge is 2.23. The number of hydrogen-bond donors (Lipinski definition) is 4. The largest absolute Gasteiger partial charge is 0.456 e. The van der Waals surface area contributed by atoms with E-state index >= 15 is 0 Å². The molecule has 0 unspecified atom stereocenters. The first-order chi connectivity index (χ1) is 21.7. The molecule has 0 atom stereocenters. The molecule has 0 saturated heterocycles. The molecule has 0 aliphatic rings. The normalized spacial score (nSPS) is 11.5. The van der Waals surface area contributed by atoms with Crippen molar-refractivity contribution in [2.24, 2.45) is 0 Å². The van der Waals surface area contributed by atoms with E-state index in [2.05, 4.69) is 0 Å². The second-order valence-corrected chi connectivity index (χ2v) is 12.6. The number of benzene rings is 5. The molecular formula is C32H24N2O10S2. The standard InChI is InChI=1S/C32H24N2O10S2/c33-23-7-11-25(12-8-23)43-27-15-5-21(17-29(27)45(37,38)39)31(35)19-1-2-20(4-3-19)32(36)22-6-16-28(30(18-22)46(40,41)42)44-26-13-9-24(34)10-14-26/h1-18H,33-34H2,(H,37,38,39)(H,40,41,42). The van der Waals surface area contributed by atoms with Crippen LogP contribution in [0.2, 0.25) is 0 Å². The number of hydrogen-bond acceptors (Lipinski definition) is 10. The maximum atomic E-state index is 13.2. The van der Waals surface area contributed by atoms with Crippen molar-refractivity contribution in [3.05, 3.63) is 131 Å². The van der Waals surface area contributed by atoms with Gasteiger partial charge in [-0.1, -0.05) is 24.3 Å². The summed E-state index contributed by atoms with van der Waals surface area (Å²) in [6.07, 6.45) is 0. The predicted octanol–water partition coefficient (Wildman–Crippen LogP) is 5.39. The van der Waals surface area contributed by atoms with Crippen molar-refractivity contribution < 1.29 is 45.0 Å². The number of nitrogen functional groups attached to an aromatic ring is 2. The highest BCUT2D eigenvalue weighted by Crippen LogP contribution is 2.32. The van der Waals surface area contributed by atoms with E-state index in [1.165, 1.54) is 97.1 Å². The zero-order valence-corrected chi connectivity index (χ0v) is 25.2. The van der Waals surface area contributed by atoms with E-state index in [0.29, 0.717) is 11.4 Å². The summed E-state index contributed by atoms with van der Waals surface area (Å²) in [5.74, 6) is -1.21. The molecule has 0 bridgehead atoms. The molecule has 14 heteroatoms. The third-order valence-corrected chi connectivity index (χ3v) is 8.34. The van der Waals surface area contributed by atoms with E-state index in [1.807, 2.05) is 0 Å². The van der Waals surface area contributed by atoms with Gasteiger partial charge in [-0.15, -0.1) is 0 Å². The van der Waals surface area contributed by atoms with E-state index in [-0.39, 0.29) is 45.3 Å². The van der Waals surface area contributed by atoms with Crippen molar-refractivity contribution in [1.82, 2.24) is 0 Å². The summed E-state index contributed by atoms with van der Waals surface area (Å²) >= 11 is 0. The highest BCUT2D eigenvalue weighted by atomic mass is 32.2. The van der Waals surface area contributed by atoms with Gasteiger partial charge in [0.1, 0.15) is 32.8 Å². The summed E-state index contributed by atoms with van der Waals surface area (Å²) in [4.78, 5) is 25.1. The van der Waals surface area contributed by atoms with Gasteiger partial charge in [-0.3, -0.25) is 18.7 Å². The van der Waals surface area contributed by atoms with Gasteiger partial charge >= 0.3 is 0 Å². The molecular weight excluding hydrogens is 636 g/mol. The molecule has 0 aliphatic heterocycles. The number of nitrogens with two attached hydrogens (primary N) is 2. The van der Waals surface area contributed by atoms with Crippen molar-refractivity contribution >= 4 is 43.2 Å². The van der Waals surface area contributed by atoms with E-state index < -0.39 is 41.6 Å². The molecule has 0 heterocycles. The first-order valence-corrected chi connectivity index (χ1v) is 16.1. The van der Waals surface area contributed by atoms with E-state index in [0.717, 1.165) is 12.1 Å².